The zero-order chi connectivity index (χ0) is 15.2. The van der Waals surface area contributed by atoms with E-state index in [1.165, 1.54) is 5.56 Å². The van der Waals surface area contributed by atoms with E-state index in [0.29, 0.717) is 6.04 Å². The molecule has 0 aliphatic rings. The van der Waals surface area contributed by atoms with Crippen molar-refractivity contribution in [1.29, 1.82) is 0 Å². The molecule has 0 aromatic heterocycles. The first-order valence-electron chi connectivity index (χ1n) is 7.06. The van der Waals surface area contributed by atoms with Gasteiger partial charge in [0, 0.05) is 14.1 Å². The molecule has 1 N–H and O–H groups in total. The van der Waals surface area contributed by atoms with Crippen molar-refractivity contribution in [2.45, 2.75) is 26.3 Å². The van der Waals surface area contributed by atoms with Crippen LogP contribution < -0.4 is 10.1 Å². The summed E-state index contributed by atoms with van der Waals surface area (Å²) in [6.07, 6.45) is 1.13. The molecule has 0 heterocycles. The van der Waals surface area contributed by atoms with Gasteiger partial charge >= 0.3 is 0 Å². The van der Waals surface area contributed by atoms with Gasteiger partial charge in [0.25, 0.3) is 0 Å². The van der Waals surface area contributed by atoms with Crippen LogP contribution in [-0.2, 0) is 0 Å². The molecule has 0 aliphatic carbocycles. The van der Waals surface area contributed by atoms with Gasteiger partial charge in [-0.3, -0.25) is 0 Å². The Hall–Kier alpha value is -0.590. The first-order chi connectivity index (χ1) is 10.1. The summed E-state index contributed by atoms with van der Waals surface area (Å²) in [4.78, 5) is 0. The van der Waals surface area contributed by atoms with E-state index in [1.54, 1.807) is 0 Å². The molecule has 0 saturated heterocycles. The van der Waals surface area contributed by atoms with Gasteiger partial charge in [-0.25, -0.2) is 0 Å². The maximum Gasteiger partial charge on any atom is 0.128 e. The standard InChI is InChI=1S/C17H19BrINO/c1-3-9-20-12(2)16-8-7-15(11-17(16)18)21-14-6-4-5-13(19)10-14/h4-8,10-12,20H,3,9H2,1-2H3. The van der Waals surface area contributed by atoms with E-state index >= 15 is 0 Å². The topological polar surface area (TPSA) is 21.3 Å². The molecular weight excluding hydrogens is 441 g/mol. The zero-order valence-corrected chi connectivity index (χ0v) is 15.9. The van der Waals surface area contributed by atoms with E-state index in [4.69, 9.17) is 4.74 Å². The summed E-state index contributed by atoms with van der Waals surface area (Å²) >= 11 is 5.93. The molecule has 2 aromatic rings. The minimum absolute atomic E-state index is 0.325. The quantitative estimate of drug-likeness (QED) is 0.542. The third-order valence-electron chi connectivity index (χ3n) is 3.17. The van der Waals surface area contributed by atoms with Crippen molar-refractivity contribution in [3.63, 3.8) is 0 Å². The van der Waals surface area contributed by atoms with E-state index in [2.05, 4.69) is 63.8 Å². The molecule has 2 rings (SSSR count). The first-order valence-corrected chi connectivity index (χ1v) is 8.93. The van der Waals surface area contributed by atoms with Crippen molar-refractivity contribution in [3.8, 4) is 11.5 Å². The number of benzene rings is 2. The van der Waals surface area contributed by atoms with Crippen molar-refractivity contribution in [2.75, 3.05) is 6.54 Å². The molecule has 4 heteroatoms. The highest BCUT2D eigenvalue weighted by molar-refractivity contribution is 14.1. The van der Waals surface area contributed by atoms with Crippen LogP contribution >= 0.6 is 38.5 Å². The van der Waals surface area contributed by atoms with Gasteiger partial charge in [0.1, 0.15) is 11.5 Å². The Balaban J connectivity index is 2.11. The lowest BCUT2D eigenvalue weighted by Gasteiger charge is -2.16. The maximum atomic E-state index is 5.90. The number of nitrogens with one attached hydrogen (secondary N) is 1. The summed E-state index contributed by atoms with van der Waals surface area (Å²) in [6, 6.07) is 14.5. The highest BCUT2D eigenvalue weighted by atomic mass is 127. The fourth-order valence-corrected chi connectivity index (χ4v) is 3.28. The largest absolute Gasteiger partial charge is 0.457 e. The average Bonchev–Trinajstić information content (AvgIpc) is 2.45. The first kappa shape index (κ1) is 16.8. The highest BCUT2D eigenvalue weighted by Crippen LogP contribution is 2.30. The molecule has 21 heavy (non-hydrogen) atoms. The minimum atomic E-state index is 0.325. The molecule has 2 nitrogen and oxygen atoms in total. The Labute approximate surface area is 148 Å². The smallest absolute Gasteiger partial charge is 0.128 e. The second kappa shape index (κ2) is 8.15. The normalized spacial score (nSPS) is 12.2. The fraction of sp³-hybridized carbons (Fsp3) is 0.294. The number of hydrogen-bond acceptors (Lipinski definition) is 2. The number of ether oxygens (including phenoxy) is 1. The Morgan fingerprint density at radius 1 is 1.19 bits per heavy atom. The maximum absolute atomic E-state index is 5.90. The van der Waals surface area contributed by atoms with E-state index in [0.717, 1.165) is 32.5 Å². The summed E-state index contributed by atoms with van der Waals surface area (Å²) in [6.45, 7) is 5.37. The SMILES string of the molecule is CCCNC(C)c1ccc(Oc2cccc(I)c2)cc1Br. The van der Waals surface area contributed by atoms with Crippen molar-refractivity contribution in [2.24, 2.45) is 0 Å². The Morgan fingerprint density at radius 2 is 1.95 bits per heavy atom. The van der Waals surface area contributed by atoms with E-state index in [9.17, 15) is 0 Å². The van der Waals surface area contributed by atoms with Gasteiger partial charge in [-0.05, 0) is 78.4 Å². The van der Waals surface area contributed by atoms with Crippen molar-refractivity contribution in [3.05, 3.63) is 56.1 Å². The van der Waals surface area contributed by atoms with Gasteiger partial charge < -0.3 is 10.1 Å². The van der Waals surface area contributed by atoms with Crippen molar-refractivity contribution >= 4 is 38.5 Å². The predicted molar refractivity (Wildman–Crippen MR) is 100 cm³/mol. The van der Waals surface area contributed by atoms with Gasteiger partial charge in [0.2, 0.25) is 0 Å². The third-order valence-corrected chi connectivity index (χ3v) is 4.53. The molecule has 2 aromatic carbocycles. The summed E-state index contributed by atoms with van der Waals surface area (Å²) in [7, 11) is 0. The summed E-state index contributed by atoms with van der Waals surface area (Å²) in [5.74, 6) is 1.70. The van der Waals surface area contributed by atoms with Crippen LogP contribution in [0.15, 0.2) is 46.9 Å². The fourth-order valence-electron chi connectivity index (χ4n) is 2.06. The van der Waals surface area contributed by atoms with Crippen LogP contribution in [0.2, 0.25) is 0 Å². The van der Waals surface area contributed by atoms with Gasteiger partial charge in [0.15, 0.2) is 0 Å². The molecule has 0 amide bonds. The van der Waals surface area contributed by atoms with Gasteiger partial charge in [-0.1, -0.05) is 35.0 Å². The summed E-state index contributed by atoms with van der Waals surface area (Å²) < 4.78 is 8.14. The third kappa shape index (κ3) is 4.97. The summed E-state index contributed by atoms with van der Waals surface area (Å²) in [5, 5.41) is 3.49. The van der Waals surface area contributed by atoms with Gasteiger partial charge in [-0.15, -0.1) is 0 Å². The number of hydrogen-bond donors (Lipinski definition) is 1. The van der Waals surface area contributed by atoms with Crippen LogP contribution in [0.3, 0.4) is 0 Å². The van der Waals surface area contributed by atoms with Crippen molar-refractivity contribution in [1.82, 2.24) is 5.32 Å². The lowest BCUT2D eigenvalue weighted by molar-refractivity contribution is 0.481. The van der Waals surface area contributed by atoms with Crippen LogP contribution in [0, 0.1) is 3.57 Å². The molecule has 0 saturated carbocycles. The average molecular weight is 460 g/mol. The molecule has 112 valence electrons. The lowest BCUT2D eigenvalue weighted by Crippen LogP contribution is -2.19. The molecule has 0 fully saturated rings. The van der Waals surface area contributed by atoms with Crippen LogP contribution in [0.4, 0.5) is 0 Å². The van der Waals surface area contributed by atoms with Crippen LogP contribution in [0.1, 0.15) is 31.9 Å². The Bertz CT molecular complexity index is 603. The van der Waals surface area contributed by atoms with Crippen LogP contribution in [-0.4, -0.2) is 6.54 Å². The van der Waals surface area contributed by atoms with E-state index in [-0.39, 0.29) is 0 Å². The summed E-state index contributed by atoms with van der Waals surface area (Å²) in [5.41, 5.74) is 1.25. The molecule has 0 radical (unpaired) electrons. The molecule has 0 bridgehead atoms. The lowest BCUT2D eigenvalue weighted by atomic mass is 10.1. The monoisotopic (exact) mass is 459 g/mol. The van der Waals surface area contributed by atoms with Crippen LogP contribution in [0.25, 0.3) is 0 Å². The molecule has 1 unspecified atom stereocenters. The molecule has 0 spiro atoms. The number of rotatable bonds is 6. The molecular formula is C17H19BrINO. The highest BCUT2D eigenvalue weighted by Gasteiger charge is 2.10. The minimum Gasteiger partial charge on any atom is -0.457 e. The second-order valence-corrected chi connectivity index (χ2v) is 7.02. The molecule has 0 aliphatic heterocycles. The Morgan fingerprint density at radius 3 is 2.62 bits per heavy atom. The van der Waals surface area contributed by atoms with Crippen molar-refractivity contribution < 1.29 is 4.74 Å². The van der Waals surface area contributed by atoms with Crippen LogP contribution in [0.5, 0.6) is 11.5 Å². The second-order valence-electron chi connectivity index (χ2n) is 4.92. The molecule has 1 atom stereocenters. The zero-order valence-electron chi connectivity index (χ0n) is 12.2. The number of halogens is 2. The van der Waals surface area contributed by atoms with E-state index in [1.807, 2.05) is 36.4 Å². The Kier molecular flexibility index (Phi) is 6.51. The van der Waals surface area contributed by atoms with Gasteiger partial charge in [0.05, 0.1) is 0 Å². The van der Waals surface area contributed by atoms with E-state index < -0.39 is 0 Å². The predicted octanol–water partition coefficient (Wildman–Crippen LogP) is 5.91. The van der Waals surface area contributed by atoms with Gasteiger partial charge in [-0.2, -0.15) is 0 Å².